The van der Waals surface area contributed by atoms with E-state index in [-0.39, 0.29) is 55.5 Å². The largest absolute Gasteiger partial charge is 0.415 e. The minimum Gasteiger partial charge on any atom is -0.415 e. The van der Waals surface area contributed by atoms with E-state index in [1.165, 1.54) is 22.1 Å². The van der Waals surface area contributed by atoms with Crippen LogP contribution in [0.5, 0.6) is 5.88 Å². The van der Waals surface area contributed by atoms with Crippen LogP contribution in [0.2, 0.25) is 0 Å². The summed E-state index contributed by atoms with van der Waals surface area (Å²) in [7, 11) is 1.56. The van der Waals surface area contributed by atoms with Gasteiger partial charge in [0.15, 0.2) is 0 Å². The molecule has 0 bridgehead atoms. The lowest BCUT2D eigenvalue weighted by molar-refractivity contribution is -0.124. The zero-order valence-electron chi connectivity index (χ0n) is 21.9. The molecule has 0 spiro atoms. The third kappa shape index (κ3) is 5.61. The molecule has 3 N–H and O–H groups in total. The number of hydrogen-bond donors (Lipinski definition) is 3. The molecule has 3 aromatic rings. The van der Waals surface area contributed by atoms with E-state index in [2.05, 4.69) is 36.0 Å². The number of hydrogen-bond acceptors (Lipinski definition) is 8. The van der Waals surface area contributed by atoms with Gasteiger partial charge in [-0.25, -0.2) is 13.5 Å². The van der Waals surface area contributed by atoms with E-state index in [1.54, 1.807) is 17.9 Å². The molecule has 11 nitrogen and oxygen atoms in total. The summed E-state index contributed by atoms with van der Waals surface area (Å²) in [5, 5.41) is 21.3. The van der Waals surface area contributed by atoms with Crippen LogP contribution in [-0.4, -0.2) is 61.4 Å². The number of ether oxygens (including phenoxy) is 1. The molecule has 3 aliphatic rings. The van der Waals surface area contributed by atoms with Crippen LogP contribution in [0.25, 0.3) is 0 Å². The number of carbonyl (C=O) groups is 2. The molecule has 41 heavy (non-hydrogen) atoms. The van der Waals surface area contributed by atoms with Gasteiger partial charge < -0.3 is 20.7 Å². The first-order valence-corrected chi connectivity index (χ1v) is 14.2. The van der Waals surface area contributed by atoms with Gasteiger partial charge in [-0.2, -0.15) is 8.78 Å². The van der Waals surface area contributed by atoms with Crippen molar-refractivity contribution < 1.29 is 31.9 Å². The first kappa shape index (κ1) is 27.5. The molecular formula is C25H28F4N8O3S. The molecule has 3 aromatic heterocycles. The van der Waals surface area contributed by atoms with Crippen molar-refractivity contribution in [2.75, 3.05) is 10.6 Å². The number of halogens is 4. The fourth-order valence-corrected chi connectivity index (χ4v) is 6.70. The number of aromatic nitrogens is 5. The lowest BCUT2D eigenvalue weighted by Crippen LogP contribution is -2.45. The molecule has 0 radical (unpaired) electrons. The average molecular weight is 597 g/mol. The van der Waals surface area contributed by atoms with Gasteiger partial charge in [0.2, 0.25) is 17.7 Å². The predicted molar refractivity (Wildman–Crippen MR) is 140 cm³/mol. The van der Waals surface area contributed by atoms with Crippen LogP contribution < -0.4 is 20.7 Å². The van der Waals surface area contributed by atoms with Crippen LogP contribution in [-0.2, 0) is 24.7 Å². The van der Waals surface area contributed by atoms with E-state index in [0.29, 0.717) is 41.6 Å². The quantitative estimate of drug-likeness (QED) is 0.318. The Morgan fingerprint density at radius 2 is 1.93 bits per heavy atom. The summed E-state index contributed by atoms with van der Waals surface area (Å²) in [4.78, 5) is 27.2. The van der Waals surface area contributed by atoms with Crippen LogP contribution in [0, 0.1) is 5.92 Å². The maximum atomic E-state index is 13.5. The van der Waals surface area contributed by atoms with Crippen LogP contribution >= 0.6 is 11.3 Å². The number of anilines is 3. The minimum absolute atomic E-state index is 0.163. The van der Waals surface area contributed by atoms with Gasteiger partial charge in [0, 0.05) is 36.0 Å². The monoisotopic (exact) mass is 596 g/mol. The maximum Gasteiger partial charge on any atom is 0.388 e. The molecule has 16 heteroatoms. The van der Waals surface area contributed by atoms with E-state index in [9.17, 15) is 27.2 Å². The molecule has 2 saturated carbocycles. The van der Waals surface area contributed by atoms with Gasteiger partial charge in [-0.05, 0) is 50.5 Å². The van der Waals surface area contributed by atoms with Gasteiger partial charge in [0.05, 0.1) is 5.56 Å². The number of thiophene rings is 1. The third-order valence-electron chi connectivity index (χ3n) is 7.84. The number of nitrogens with one attached hydrogen (secondary N) is 3. The second-order valence-corrected chi connectivity index (χ2v) is 11.8. The highest BCUT2D eigenvalue weighted by molar-refractivity contribution is 7.17. The highest BCUT2D eigenvalue weighted by atomic mass is 32.1. The van der Waals surface area contributed by atoms with Gasteiger partial charge >= 0.3 is 6.61 Å². The Labute approximate surface area is 235 Å². The van der Waals surface area contributed by atoms with Gasteiger partial charge in [0.1, 0.15) is 29.5 Å². The Morgan fingerprint density at radius 3 is 2.63 bits per heavy atom. The second kappa shape index (κ2) is 10.9. The lowest BCUT2D eigenvalue weighted by Gasteiger charge is -2.31. The van der Waals surface area contributed by atoms with Gasteiger partial charge in [-0.15, -0.1) is 26.6 Å². The highest BCUT2D eigenvalue weighted by Crippen LogP contribution is 2.43. The summed E-state index contributed by atoms with van der Waals surface area (Å²) in [6.07, 6.45) is 2.15. The molecule has 3 heterocycles. The molecule has 6 rings (SSSR count). The maximum absolute atomic E-state index is 13.5. The van der Waals surface area contributed by atoms with E-state index in [1.807, 2.05) is 0 Å². The zero-order valence-corrected chi connectivity index (χ0v) is 22.8. The van der Waals surface area contributed by atoms with E-state index in [0.717, 1.165) is 10.4 Å². The summed E-state index contributed by atoms with van der Waals surface area (Å²) in [5.74, 6) is -0.686. The summed E-state index contributed by atoms with van der Waals surface area (Å²) in [5.41, 5.74) is 1.13. The summed E-state index contributed by atoms with van der Waals surface area (Å²) >= 11 is 1.34. The Balaban J connectivity index is 1.24. The van der Waals surface area contributed by atoms with E-state index in [4.69, 9.17) is 0 Å². The van der Waals surface area contributed by atoms with Crippen LogP contribution in [0.15, 0.2) is 12.4 Å². The van der Waals surface area contributed by atoms with Crippen molar-refractivity contribution >= 4 is 39.9 Å². The standard InChI is InChI=1S/C25H28F4N8O3S/c1-36-18(9-19(35-36)40-24(28)29)32-25-34-30-10-37(25)15-2-3-17-16(8-15)20(22(39)31-14-6-13(27)7-14)23(41-17)33-21(38)11-4-12(26)5-11/h9-15,24H,2-8H2,1H3,(H,31,39)(H,32,34)(H,33,38)/t11?,12?,13?,14?,15-/m0/s1. The molecular weight excluding hydrogens is 568 g/mol. The first-order valence-electron chi connectivity index (χ1n) is 13.3. The SMILES string of the molecule is Cn1nc(OC(F)F)cc1Nc1nncn1[C@H]1CCc2sc(NC(=O)C3CC(F)C3)c(C(=O)NC3CC(F)C3)c2C1. The zero-order chi connectivity index (χ0) is 28.8. The van der Waals surface area contributed by atoms with Gasteiger partial charge in [0.25, 0.3) is 5.91 Å². The smallest absolute Gasteiger partial charge is 0.388 e. The topological polar surface area (TPSA) is 128 Å². The number of aryl methyl sites for hydroxylation is 2. The van der Waals surface area contributed by atoms with Crippen molar-refractivity contribution in [1.82, 2.24) is 29.9 Å². The van der Waals surface area contributed by atoms with Gasteiger partial charge in [-0.3, -0.25) is 14.2 Å². The average Bonchev–Trinajstić information content (AvgIpc) is 3.57. The number of alkyl halides is 4. The third-order valence-corrected chi connectivity index (χ3v) is 9.05. The fourth-order valence-electron chi connectivity index (χ4n) is 5.45. The normalized spacial score (nSPS) is 25.2. The Hall–Kier alpha value is -3.69. The fraction of sp³-hybridized carbons (Fsp3) is 0.560. The number of fused-ring (bicyclic) bond motifs is 1. The van der Waals surface area contributed by atoms with E-state index < -0.39 is 24.9 Å². The number of nitrogens with zero attached hydrogens (tertiary/aromatic N) is 5. The van der Waals surface area contributed by atoms with Gasteiger partial charge in [-0.1, -0.05) is 0 Å². The molecule has 1 atom stereocenters. The minimum atomic E-state index is -3.01. The lowest BCUT2D eigenvalue weighted by atomic mass is 9.83. The van der Waals surface area contributed by atoms with Crippen LogP contribution in [0.4, 0.5) is 34.3 Å². The Bertz CT molecular complexity index is 1450. The van der Waals surface area contributed by atoms with Crippen molar-refractivity contribution in [2.24, 2.45) is 13.0 Å². The highest BCUT2D eigenvalue weighted by Gasteiger charge is 2.38. The summed E-state index contributed by atoms with van der Waals surface area (Å²) in [6, 6.07) is 0.866. The predicted octanol–water partition coefficient (Wildman–Crippen LogP) is 4.07. The van der Waals surface area contributed by atoms with Crippen molar-refractivity contribution in [2.45, 2.75) is 76.0 Å². The number of amides is 2. The molecule has 220 valence electrons. The van der Waals surface area contributed by atoms with Crippen molar-refractivity contribution in [3.8, 4) is 5.88 Å². The Morgan fingerprint density at radius 1 is 1.17 bits per heavy atom. The van der Waals surface area contributed by atoms with Crippen molar-refractivity contribution in [1.29, 1.82) is 0 Å². The van der Waals surface area contributed by atoms with Crippen molar-refractivity contribution in [3.05, 3.63) is 28.4 Å². The first-order chi connectivity index (χ1) is 19.6. The molecule has 0 aliphatic heterocycles. The second-order valence-electron chi connectivity index (χ2n) is 10.7. The molecule has 0 saturated heterocycles. The molecule has 2 fully saturated rings. The molecule has 2 amide bonds. The number of carbonyl (C=O) groups excluding carboxylic acids is 2. The molecule has 0 aromatic carbocycles. The van der Waals surface area contributed by atoms with Crippen LogP contribution in [0.1, 0.15) is 58.9 Å². The van der Waals surface area contributed by atoms with Crippen molar-refractivity contribution in [3.63, 3.8) is 0 Å². The number of rotatable bonds is 9. The molecule has 0 unspecified atom stereocenters. The summed E-state index contributed by atoms with van der Waals surface area (Å²) in [6.45, 7) is -3.01. The molecule has 3 aliphatic carbocycles. The van der Waals surface area contributed by atoms with E-state index >= 15 is 0 Å². The van der Waals surface area contributed by atoms with Crippen LogP contribution in [0.3, 0.4) is 0 Å². The Kier molecular flexibility index (Phi) is 7.34. The summed E-state index contributed by atoms with van der Waals surface area (Å²) < 4.78 is 59.5.